The number of rotatable bonds is 7. The minimum absolute atomic E-state index is 0.298. The number of para-hydroxylation sites is 2. The predicted molar refractivity (Wildman–Crippen MR) is 179 cm³/mol. The van der Waals surface area contributed by atoms with Gasteiger partial charge in [0.1, 0.15) is 0 Å². The molecule has 0 spiro atoms. The van der Waals surface area contributed by atoms with E-state index < -0.39 is 0 Å². The van der Waals surface area contributed by atoms with Crippen LogP contribution in [0.5, 0.6) is 0 Å². The SMILES string of the molecule is CC(C)CC(Cc1cc(-n2c3c(c4ccccc42)NC(C)C=C3)cc(-n2c3ccccc3c3ncccc32)c1)C(C)C. The Morgan fingerprint density at radius 1 is 0.786 bits per heavy atom. The molecule has 3 aromatic carbocycles. The zero-order chi connectivity index (χ0) is 29.0. The first kappa shape index (κ1) is 26.6. The average Bonchev–Trinajstić information content (AvgIpc) is 3.49. The van der Waals surface area contributed by atoms with Crippen molar-refractivity contribution < 1.29 is 0 Å². The summed E-state index contributed by atoms with van der Waals surface area (Å²) in [4.78, 5) is 4.82. The molecule has 0 saturated carbocycles. The Morgan fingerprint density at radius 3 is 2.19 bits per heavy atom. The van der Waals surface area contributed by atoms with E-state index in [4.69, 9.17) is 4.98 Å². The van der Waals surface area contributed by atoms with Gasteiger partial charge in [-0.1, -0.05) is 70.2 Å². The molecule has 0 saturated heterocycles. The fraction of sp³-hybridized carbons (Fsp3) is 0.289. The predicted octanol–water partition coefficient (Wildman–Crippen LogP) is 9.81. The molecular weight excluding hydrogens is 512 g/mol. The highest BCUT2D eigenvalue weighted by Crippen LogP contribution is 2.39. The lowest BCUT2D eigenvalue weighted by Crippen LogP contribution is -2.16. The van der Waals surface area contributed by atoms with Crippen molar-refractivity contribution in [2.24, 2.45) is 17.8 Å². The maximum atomic E-state index is 4.82. The summed E-state index contributed by atoms with van der Waals surface area (Å²) in [6, 6.07) is 29.2. The van der Waals surface area contributed by atoms with Gasteiger partial charge in [0.25, 0.3) is 0 Å². The van der Waals surface area contributed by atoms with Gasteiger partial charge in [-0.2, -0.15) is 0 Å². The van der Waals surface area contributed by atoms with E-state index in [-0.39, 0.29) is 0 Å². The second-order valence-corrected chi connectivity index (χ2v) is 12.8. The van der Waals surface area contributed by atoms with Gasteiger partial charge < -0.3 is 14.5 Å². The summed E-state index contributed by atoms with van der Waals surface area (Å²) in [5.41, 5.74) is 10.8. The number of aromatic nitrogens is 3. The van der Waals surface area contributed by atoms with E-state index in [9.17, 15) is 0 Å². The largest absolute Gasteiger partial charge is 0.377 e. The molecule has 0 aliphatic carbocycles. The Hall–Kier alpha value is -4.31. The third kappa shape index (κ3) is 4.50. The maximum absolute atomic E-state index is 4.82. The molecule has 4 heterocycles. The Balaban J connectivity index is 1.51. The fourth-order valence-electron chi connectivity index (χ4n) is 6.95. The van der Waals surface area contributed by atoms with Gasteiger partial charge in [0, 0.05) is 34.4 Å². The van der Waals surface area contributed by atoms with Crippen LogP contribution < -0.4 is 5.32 Å². The topological polar surface area (TPSA) is 34.8 Å². The highest BCUT2D eigenvalue weighted by Gasteiger charge is 2.23. The number of nitrogens with one attached hydrogen (secondary N) is 1. The van der Waals surface area contributed by atoms with Gasteiger partial charge in [-0.3, -0.25) is 4.98 Å². The molecule has 212 valence electrons. The molecule has 1 aliphatic rings. The van der Waals surface area contributed by atoms with Crippen molar-refractivity contribution in [3.05, 3.63) is 102 Å². The second-order valence-electron chi connectivity index (χ2n) is 12.8. The van der Waals surface area contributed by atoms with E-state index in [1.165, 1.54) is 56.5 Å². The summed E-state index contributed by atoms with van der Waals surface area (Å²) in [5.74, 6) is 1.90. The number of benzene rings is 3. The Morgan fingerprint density at radius 2 is 1.45 bits per heavy atom. The molecule has 1 N–H and O–H groups in total. The Labute approximate surface area is 248 Å². The van der Waals surface area contributed by atoms with Crippen LogP contribution in [-0.2, 0) is 6.42 Å². The standard InChI is InChI=1S/C38H40N4/c1-24(2)19-28(25(3)4)20-27-21-29(41-33-13-8-6-11-31(33)37-35(41)15-10-18-39-37)23-30(22-27)42-34-14-9-7-12-32(34)38-36(42)17-16-26(5)40-38/h6-18,21-26,28,40H,19-20H2,1-5H3. The van der Waals surface area contributed by atoms with Crippen molar-refractivity contribution in [2.75, 3.05) is 5.32 Å². The molecule has 0 radical (unpaired) electrons. The van der Waals surface area contributed by atoms with Crippen LogP contribution in [0.15, 0.2) is 91.1 Å². The van der Waals surface area contributed by atoms with Crippen LogP contribution in [0.1, 0.15) is 52.3 Å². The van der Waals surface area contributed by atoms with Crippen LogP contribution in [0.2, 0.25) is 0 Å². The summed E-state index contributed by atoms with van der Waals surface area (Å²) in [6.45, 7) is 11.7. The van der Waals surface area contributed by atoms with Crippen molar-refractivity contribution in [1.82, 2.24) is 14.1 Å². The van der Waals surface area contributed by atoms with E-state index in [1.807, 2.05) is 12.3 Å². The first-order valence-corrected chi connectivity index (χ1v) is 15.5. The zero-order valence-electron chi connectivity index (χ0n) is 25.3. The van der Waals surface area contributed by atoms with E-state index in [0.29, 0.717) is 23.8 Å². The molecule has 0 bridgehead atoms. The van der Waals surface area contributed by atoms with Crippen LogP contribution in [-0.4, -0.2) is 20.2 Å². The molecule has 2 unspecified atom stereocenters. The van der Waals surface area contributed by atoms with Crippen molar-refractivity contribution in [3.63, 3.8) is 0 Å². The van der Waals surface area contributed by atoms with Crippen molar-refractivity contribution >= 4 is 44.6 Å². The summed E-state index contributed by atoms with van der Waals surface area (Å²) >= 11 is 0. The zero-order valence-corrected chi connectivity index (χ0v) is 25.3. The van der Waals surface area contributed by atoms with Gasteiger partial charge in [-0.25, -0.2) is 0 Å². The molecule has 7 rings (SSSR count). The molecule has 42 heavy (non-hydrogen) atoms. The Kier molecular flexibility index (Phi) is 6.65. The third-order valence-corrected chi connectivity index (χ3v) is 8.95. The number of pyridine rings is 1. The van der Waals surface area contributed by atoms with Gasteiger partial charge in [0.05, 0.1) is 33.4 Å². The highest BCUT2D eigenvalue weighted by atomic mass is 15.1. The van der Waals surface area contributed by atoms with Crippen LogP contribution in [0.25, 0.3) is 50.3 Å². The molecule has 0 fully saturated rings. The quantitative estimate of drug-likeness (QED) is 0.214. The molecular formula is C38H40N4. The van der Waals surface area contributed by atoms with Crippen LogP contribution in [0, 0.1) is 17.8 Å². The number of fused-ring (bicyclic) bond motifs is 6. The van der Waals surface area contributed by atoms with E-state index in [1.54, 1.807) is 0 Å². The second kappa shape index (κ2) is 10.5. The number of hydrogen-bond donors (Lipinski definition) is 1. The lowest BCUT2D eigenvalue weighted by Gasteiger charge is -2.24. The third-order valence-electron chi connectivity index (χ3n) is 8.95. The van der Waals surface area contributed by atoms with Crippen molar-refractivity contribution in [2.45, 2.75) is 53.5 Å². The molecule has 2 atom stereocenters. The van der Waals surface area contributed by atoms with Gasteiger partial charge in [-0.05, 0) is 91.6 Å². The molecule has 6 aromatic rings. The molecule has 0 amide bonds. The van der Waals surface area contributed by atoms with Gasteiger partial charge in [0.15, 0.2) is 0 Å². The summed E-state index contributed by atoms with van der Waals surface area (Å²) in [7, 11) is 0. The fourth-order valence-corrected chi connectivity index (χ4v) is 6.95. The smallest absolute Gasteiger partial charge is 0.0963 e. The average molecular weight is 553 g/mol. The molecule has 4 nitrogen and oxygen atoms in total. The summed E-state index contributed by atoms with van der Waals surface area (Å²) in [6.07, 6.45) is 8.74. The Bertz CT molecular complexity index is 1900. The number of anilines is 1. The maximum Gasteiger partial charge on any atom is 0.0963 e. The van der Waals surface area contributed by atoms with E-state index in [0.717, 1.165) is 17.5 Å². The normalized spacial score (nSPS) is 15.6. The van der Waals surface area contributed by atoms with Gasteiger partial charge >= 0.3 is 0 Å². The number of nitrogens with zero attached hydrogens (tertiary/aromatic N) is 3. The molecule has 1 aliphatic heterocycles. The summed E-state index contributed by atoms with van der Waals surface area (Å²) in [5, 5.41) is 6.19. The van der Waals surface area contributed by atoms with E-state index in [2.05, 4.69) is 134 Å². The van der Waals surface area contributed by atoms with Gasteiger partial charge in [0.2, 0.25) is 0 Å². The minimum atomic E-state index is 0.298. The lowest BCUT2D eigenvalue weighted by molar-refractivity contribution is 0.315. The van der Waals surface area contributed by atoms with Crippen LogP contribution in [0.4, 0.5) is 5.69 Å². The summed E-state index contributed by atoms with van der Waals surface area (Å²) < 4.78 is 4.86. The van der Waals surface area contributed by atoms with Gasteiger partial charge in [-0.15, -0.1) is 0 Å². The number of hydrogen-bond acceptors (Lipinski definition) is 2. The van der Waals surface area contributed by atoms with E-state index >= 15 is 0 Å². The first-order chi connectivity index (χ1) is 20.4. The minimum Gasteiger partial charge on any atom is -0.377 e. The van der Waals surface area contributed by atoms with Crippen molar-refractivity contribution in [1.29, 1.82) is 0 Å². The lowest BCUT2D eigenvalue weighted by atomic mass is 9.83. The van der Waals surface area contributed by atoms with Crippen LogP contribution in [0.3, 0.4) is 0 Å². The molecule has 4 heteroatoms. The highest BCUT2D eigenvalue weighted by molar-refractivity contribution is 6.07. The van der Waals surface area contributed by atoms with Crippen molar-refractivity contribution in [3.8, 4) is 11.4 Å². The molecule has 3 aromatic heterocycles. The monoisotopic (exact) mass is 552 g/mol. The van der Waals surface area contributed by atoms with Crippen LogP contribution >= 0.6 is 0 Å². The first-order valence-electron chi connectivity index (χ1n) is 15.5.